The van der Waals surface area contributed by atoms with Gasteiger partial charge in [0.15, 0.2) is 11.5 Å². The fourth-order valence-electron chi connectivity index (χ4n) is 9.08. The molecule has 3 fully saturated rings. The van der Waals surface area contributed by atoms with Crippen molar-refractivity contribution >= 4 is 52.6 Å². The molecule has 3 saturated heterocycles. The number of hydrogen-bond acceptors (Lipinski definition) is 13. The number of nitrogen functional groups attached to an aromatic ring is 1. The van der Waals surface area contributed by atoms with E-state index in [0.717, 1.165) is 82.2 Å². The van der Waals surface area contributed by atoms with Gasteiger partial charge < -0.3 is 26.2 Å². The molecular formula is C47H49FN12O6. The Morgan fingerprint density at radius 2 is 1.55 bits per heavy atom. The fourth-order valence-corrected chi connectivity index (χ4v) is 9.08. The number of anilines is 3. The highest BCUT2D eigenvalue weighted by atomic mass is 19.1. The van der Waals surface area contributed by atoms with E-state index in [-0.39, 0.29) is 41.5 Å². The maximum absolute atomic E-state index is 13.7. The number of likely N-dealkylation sites (tertiary alicyclic amines) is 1. The summed E-state index contributed by atoms with van der Waals surface area (Å²) < 4.78 is 15.4. The molecule has 3 aromatic carbocycles. The van der Waals surface area contributed by atoms with Crippen LogP contribution in [0.1, 0.15) is 81.0 Å². The van der Waals surface area contributed by atoms with E-state index in [0.29, 0.717) is 22.5 Å². The summed E-state index contributed by atoms with van der Waals surface area (Å²) in [5, 5.41) is 12.4. The molecule has 2 aromatic heterocycles. The second kappa shape index (κ2) is 19.0. The number of nitrogens with zero attached hydrogens (tertiary/aromatic N) is 8. The first-order valence-corrected chi connectivity index (χ1v) is 22.1. The summed E-state index contributed by atoms with van der Waals surface area (Å²) in [6.07, 6.45) is 8.15. The van der Waals surface area contributed by atoms with Crippen LogP contribution < -0.4 is 26.6 Å². The Hall–Kier alpha value is -7.38. The van der Waals surface area contributed by atoms with Crippen LogP contribution in [0, 0.1) is 5.82 Å². The second-order valence-electron chi connectivity index (χ2n) is 16.9. The zero-order valence-corrected chi connectivity index (χ0v) is 36.1. The van der Waals surface area contributed by atoms with Crippen molar-refractivity contribution in [1.82, 2.24) is 45.1 Å². The Balaban J connectivity index is 0.735. The van der Waals surface area contributed by atoms with Crippen LogP contribution in [0.2, 0.25) is 0 Å². The monoisotopic (exact) mass is 896 g/mol. The first-order chi connectivity index (χ1) is 32.0. The zero-order chi connectivity index (χ0) is 45.9. The maximum Gasteiger partial charge on any atom is 0.274 e. The summed E-state index contributed by atoms with van der Waals surface area (Å²) in [5.41, 5.74) is 9.41. The van der Waals surface area contributed by atoms with E-state index in [2.05, 4.69) is 45.7 Å². The molecule has 6 heterocycles. The number of halogens is 1. The molecule has 18 nitrogen and oxygen atoms in total. The Morgan fingerprint density at radius 3 is 2.27 bits per heavy atom. The number of hydrogen-bond donors (Lipinski definition) is 4. The van der Waals surface area contributed by atoms with Crippen LogP contribution in [0.4, 0.5) is 21.6 Å². The van der Waals surface area contributed by atoms with Gasteiger partial charge in [0.05, 0.1) is 35.3 Å². The number of benzene rings is 3. The van der Waals surface area contributed by atoms with E-state index < -0.39 is 53.3 Å². The number of fused-ring (bicyclic) bond motifs is 1. The van der Waals surface area contributed by atoms with Crippen molar-refractivity contribution in [2.75, 3.05) is 68.3 Å². The van der Waals surface area contributed by atoms with Gasteiger partial charge in [-0.3, -0.25) is 48.6 Å². The molecule has 340 valence electrons. The van der Waals surface area contributed by atoms with Gasteiger partial charge in [-0.25, -0.2) is 14.4 Å². The number of rotatable bonds is 13. The molecule has 0 bridgehead atoms. The van der Waals surface area contributed by atoms with Crippen LogP contribution in [0.15, 0.2) is 91.4 Å². The molecule has 2 atom stereocenters. The zero-order valence-electron chi connectivity index (χ0n) is 36.1. The van der Waals surface area contributed by atoms with Gasteiger partial charge in [-0.2, -0.15) is 5.10 Å². The smallest absolute Gasteiger partial charge is 0.274 e. The van der Waals surface area contributed by atoms with Gasteiger partial charge in [-0.15, -0.1) is 0 Å². The normalized spacial score (nSPS) is 18.8. The van der Waals surface area contributed by atoms with Crippen LogP contribution in [-0.2, 0) is 14.4 Å². The predicted octanol–water partition coefficient (Wildman–Crippen LogP) is 3.42. The first kappa shape index (κ1) is 43.9. The number of piperazine rings is 1. The van der Waals surface area contributed by atoms with Crippen LogP contribution in [0.3, 0.4) is 0 Å². The molecule has 0 aliphatic carbocycles. The summed E-state index contributed by atoms with van der Waals surface area (Å²) in [5.74, 6) is -3.80. The van der Waals surface area contributed by atoms with Gasteiger partial charge in [-0.1, -0.05) is 30.3 Å². The standard InChI is InChI=1S/C47H49FN12O6/c48-31-7-9-32(10-8-31)52-44(63)40(29-5-2-1-3-6-29)55-45(64)41-42(49)50-27-37(53-41)30-26-51-59(28-30)33-15-19-56(20-16-33)17-4-18-57-21-23-58(24-22-57)34-11-12-35-36(25-34)47(66)60(46(35)65)38-13-14-39(61)54-43(38)62/h1-3,5-12,25-28,33,38,40H,4,13-24H2,(H2,49,50)(H,52,63)(H,55,64)(H,54,61,62)/t38?,40-/m1/s1. The molecule has 0 saturated carbocycles. The Bertz CT molecular complexity index is 2660. The molecule has 0 radical (unpaired) electrons. The molecule has 5 aromatic rings. The van der Waals surface area contributed by atoms with Crippen molar-refractivity contribution in [1.29, 1.82) is 0 Å². The van der Waals surface area contributed by atoms with Gasteiger partial charge in [0.2, 0.25) is 11.8 Å². The van der Waals surface area contributed by atoms with E-state index in [1.54, 1.807) is 48.7 Å². The summed E-state index contributed by atoms with van der Waals surface area (Å²) in [7, 11) is 0. The van der Waals surface area contributed by atoms with Gasteiger partial charge in [0.1, 0.15) is 17.9 Å². The van der Waals surface area contributed by atoms with E-state index in [4.69, 9.17) is 5.73 Å². The van der Waals surface area contributed by atoms with Crippen molar-refractivity contribution in [2.24, 2.45) is 0 Å². The molecule has 4 aliphatic heterocycles. The van der Waals surface area contributed by atoms with E-state index in [1.807, 2.05) is 16.9 Å². The third kappa shape index (κ3) is 9.38. The molecule has 4 aliphatic rings. The van der Waals surface area contributed by atoms with Crippen molar-refractivity contribution < 1.29 is 33.2 Å². The molecule has 19 heteroatoms. The highest BCUT2D eigenvalue weighted by molar-refractivity contribution is 6.23. The third-order valence-corrected chi connectivity index (χ3v) is 12.7. The molecule has 6 amide bonds. The highest BCUT2D eigenvalue weighted by Crippen LogP contribution is 2.32. The summed E-state index contributed by atoms with van der Waals surface area (Å²) >= 11 is 0. The quantitative estimate of drug-likeness (QED) is 0.125. The second-order valence-corrected chi connectivity index (χ2v) is 16.9. The lowest BCUT2D eigenvalue weighted by molar-refractivity contribution is -0.136. The molecule has 9 rings (SSSR count). The average Bonchev–Trinajstić information content (AvgIpc) is 3.92. The Labute approximate surface area is 379 Å². The third-order valence-electron chi connectivity index (χ3n) is 12.7. The van der Waals surface area contributed by atoms with Gasteiger partial charge in [-0.05, 0) is 86.8 Å². The number of carbonyl (C=O) groups is 6. The summed E-state index contributed by atoms with van der Waals surface area (Å²) in [4.78, 5) is 94.6. The maximum atomic E-state index is 13.7. The number of imide groups is 2. The largest absolute Gasteiger partial charge is 0.382 e. The molecule has 1 unspecified atom stereocenters. The molecule has 66 heavy (non-hydrogen) atoms. The number of nitrogens with one attached hydrogen (secondary N) is 3. The topological polar surface area (TPSA) is 221 Å². The molecule has 5 N–H and O–H groups in total. The number of aromatic nitrogens is 4. The van der Waals surface area contributed by atoms with Crippen LogP contribution in [0.5, 0.6) is 0 Å². The van der Waals surface area contributed by atoms with Crippen LogP contribution in [0.25, 0.3) is 11.3 Å². The predicted molar refractivity (Wildman–Crippen MR) is 240 cm³/mol. The number of piperidine rings is 2. The molecular weight excluding hydrogens is 848 g/mol. The first-order valence-electron chi connectivity index (χ1n) is 22.1. The van der Waals surface area contributed by atoms with E-state index in [9.17, 15) is 33.2 Å². The SMILES string of the molecule is Nc1ncc(-c2cnn(C3CCN(CCCN4CCN(c5ccc6c(c5)C(=O)N(C5CCC(=O)NC5=O)C6=O)CC4)CC3)c2)nc1C(=O)N[C@@H](C(=O)Nc1ccc(F)cc1)c1ccccc1. The minimum absolute atomic E-state index is 0.0788. The highest BCUT2D eigenvalue weighted by Gasteiger charge is 2.45. The van der Waals surface area contributed by atoms with Gasteiger partial charge in [0, 0.05) is 68.8 Å². The van der Waals surface area contributed by atoms with Crippen LogP contribution in [-0.4, -0.2) is 128 Å². The number of amides is 6. The summed E-state index contributed by atoms with van der Waals surface area (Å²) in [6, 6.07) is 17.4. The van der Waals surface area contributed by atoms with E-state index >= 15 is 0 Å². The molecule has 0 spiro atoms. The van der Waals surface area contributed by atoms with Crippen molar-refractivity contribution in [3.05, 3.63) is 120 Å². The lowest BCUT2D eigenvalue weighted by atomic mass is 10.0. The van der Waals surface area contributed by atoms with Crippen molar-refractivity contribution in [3.63, 3.8) is 0 Å². The minimum Gasteiger partial charge on any atom is -0.382 e. The minimum atomic E-state index is -1.12. The number of carbonyl (C=O) groups excluding carboxylic acids is 6. The van der Waals surface area contributed by atoms with E-state index in [1.165, 1.54) is 30.5 Å². The lowest BCUT2D eigenvalue weighted by Crippen LogP contribution is -2.54. The summed E-state index contributed by atoms with van der Waals surface area (Å²) in [6.45, 7) is 7.09. The Morgan fingerprint density at radius 1 is 0.833 bits per heavy atom. The van der Waals surface area contributed by atoms with Crippen LogP contribution >= 0.6 is 0 Å². The van der Waals surface area contributed by atoms with Crippen molar-refractivity contribution in [2.45, 2.75) is 50.2 Å². The lowest BCUT2D eigenvalue weighted by Gasteiger charge is -2.37. The fraction of sp³-hybridized carbons (Fsp3) is 0.340. The van der Waals surface area contributed by atoms with Crippen molar-refractivity contribution in [3.8, 4) is 11.3 Å². The number of nitrogens with two attached hydrogens (primary N) is 1. The van der Waals surface area contributed by atoms with Gasteiger partial charge >= 0.3 is 0 Å². The average molecular weight is 897 g/mol. The van der Waals surface area contributed by atoms with Gasteiger partial charge in [0.25, 0.3) is 23.6 Å². The Kier molecular flexibility index (Phi) is 12.6.